The van der Waals surface area contributed by atoms with E-state index in [1.165, 1.54) is 32.1 Å². The molecule has 0 bridgehead atoms. The van der Waals surface area contributed by atoms with Crippen molar-refractivity contribution in [3.63, 3.8) is 0 Å². The molecule has 0 saturated heterocycles. The van der Waals surface area contributed by atoms with Gasteiger partial charge in [0, 0.05) is 17.6 Å². The summed E-state index contributed by atoms with van der Waals surface area (Å²) in [6, 6.07) is 7.85. The Morgan fingerprint density at radius 1 is 1.27 bits per heavy atom. The standard InChI is InChI=1S/C20H26BrN3O2/c1-15-19(14-23-24(15)17-10-8-16(21)9-11-17)20(25)22-12-5-13-26-18-6-3-2-4-7-18/h8-11,14,18H,2-7,12-13H2,1H3,(H,22,25). The largest absolute Gasteiger partial charge is 0.378 e. The molecule has 3 rings (SSSR count). The van der Waals surface area contributed by atoms with E-state index in [0.29, 0.717) is 24.8 Å². The number of nitrogens with one attached hydrogen (secondary N) is 1. The van der Waals surface area contributed by atoms with Crippen molar-refractivity contribution in [2.45, 2.75) is 51.6 Å². The van der Waals surface area contributed by atoms with Gasteiger partial charge in [-0.25, -0.2) is 4.68 Å². The van der Waals surface area contributed by atoms with E-state index in [9.17, 15) is 4.79 Å². The molecule has 5 nitrogen and oxygen atoms in total. The first-order valence-electron chi connectivity index (χ1n) is 9.35. The maximum atomic E-state index is 12.4. The highest BCUT2D eigenvalue weighted by Gasteiger charge is 2.15. The molecule has 1 aliphatic carbocycles. The van der Waals surface area contributed by atoms with Crippen LogP contribution in [0.4, 0.5) is 0 Å². The van der Waals surface area contributed by atoms with Crippen LogP contribution < -0.4 is 5.32 Å². The summed E-state index contributed by atoms with van der Waals surface area (Å²) in [7, 11) is 0. The highest BCUT2D eigenvalue weighted by atomic mass is 79.9. The van der Waals surface area contributed by atoms with E-state index in [4.69, 9.17) is 4.74 Å². The van der Waals surface area contributed by atoms with Crippen LogP contribution in [-0.4, -0.2) is 34.9 Å². The fourth-order valence-corrected chi connectivity index (χ4v) is 3.59. The lowest BCUT2D eigenvalue weighted by Gasteiger charge is -2.21. The predicted molar refractivity (Wildman–Crippen MR) is 106 cm³/mol. The average molecular weight is 420 g/mol. The van der Waals surface area contributed by atoms with Gasteiger partial charge in [0.05, 0.1) is 29.2 Å². The maximum absolute atomic E-state index is 12.4. The van der Waals surface area contributed by atoms with E-state index in [-0.39, 0.29) is 5.91 Å². The third-order valence-corrected chi connectivity index (χ3v) is 5.37. The minimum atomic E-state index is -0.0801. The van der Waals surface area contributed by atoms with E-state index >= 15 is 0 Å². The van der Waals surface area contributed by atoms with Gasteiger partial charge in [-0.1, -0.05) is 35.2 Å². The highest BCUT2D eigenvalue weighted by Crippen LogP contribution is 2.20. The van der Waals surface area contributed by atoms with Gasteiger partial charge in [0.1, 0.15) is 0 Å². The van der Waals surface area contributed by atoms with E-state index in [1.807, 2.05) is 31.2 Å². The Labute approximate surface area is 163 Å². The smallest absolute Gasteiger partial charge is 0.254 e. The third-order valence-electron chi connectivity index (χ3n) is 4.84. The minimum Gasteiger partial charge on any atom is -0.378 e. The van der Waals surface area contributed by atoms with Crippen molar-refractivity contribution in [2.75, 3.05) is 13.2 Å². The molecule has 1 aromatic heterocycles. The molecule has 2 aromatic rings. The van der Waals surface area contributed by atoms with Crippen LogP contribution in [0.1, 0.15) is 54.6 Å². The Balaban J connectivity index is 1.46. The third kappa shape index (κ3) is 4.95. The van der Waals surface area contributed by atoms with Crippen LogP contribution in [0.15, 0.2) is 34.9 Å². The average Bonchev–Trinajstić information content (AvgIpc) is 3.04. The van der Waals surface area contributed by atoms with Crippen LogP contribution in [0, 0.1) is 6.92 Å². The van der Waals surface area contributed by atoms with Crippen molar-refractivity contribution in [1.29, 1.82) is 0 Å². The molecule has 0 aliphatic heterocycles. The van der Waals surface area contributed by atoms with Gasteiger partial charge >= 0.3 is 0 Å². The SMILES string of the molecule is Cc1c(C(=O)NCCCOC2CCCCC2)cnn1-c1ccc(Br)cc1. The zero-order chi connectivity index (χ0) is 18.4. The quantitative estimate of drug-likeness (QED) is 0.675. The Hall–Kier alpha value is -1.66. The van der Waals surface area contributed by atoms with Gasteiger partial charge in [0.15, 0.2) is 0 Å². The summed E-state index contributed by atoms with van der Waals surface area (Å²) in [4.78, 5) is 12.4. The summed E-state index contributed by atoms with van der Waals surface area (Å²) in [6.45, 7) is 3.24. The number of halogens is 1. The number of carbonyl (C=O) groups is 1. The van der Waals surface area contributed by atoms with Crippen molar-refractivity contribution in [3.8, 4) is 5.69 Å². The molecule has 1 N–H and O–H groups in total. The van der Waals surface area contributed by atoms with Crippen LogP contribution >= 0.6 is 15.9 Å². The molecule has 0 atom stereocenters. The topological polar surface area (TPSA) is 56.1 Å². The molecule has 1 heterocycles. The van der Waals surface area contributed by atoms with Crippen LogP contribution in [0.25, 0.3) is 5.69 Å². The zero-order valence-electron chi connectivity index (χ0n) is 15.2. The molecule has 0 unspecified atom stereocenters. The molecule has 26 heavy (non-hydrogen) atoms. The molecule has 0 spiro atoms. The number of hydrogen-bond acceptors (Lipinski definition) is 3. The van der Waals surface area contributed by atoms with Gasteiger partial charge in [0.25, 0.3) is 5.91 Å². The summed E-state index contributed by atoms with van der Waals surface area (Å²) in [5.41, 5.74) is 2.38. The van der Waals surface area contributed by atoms with Crippen molar-refractivity contribution in [1.82, 2.24) is 15.1 Å². The van der Waals surface area contributed by atoms with Gasteiger partial charge in [-0.05, 0) is 50.5 Å². The first-order chi connectivity index (χ1) is 12.6. The molecule has 1 aromatic carbocycles. The second-order valence-electron chi connectivity index (χ2n) is 6.77. The fourth-order valence-electron chi connectivity index (χ4n) is 3.33. The van der Waals surface area contributed by atoms with Crippen molar-refractivity contribution >= 4 is 21.8 Å². The van der Waals surface area contributed by atoms with Crippen LogP contribution in [0.2, 0.25) is 0 Å². The minimum absolute atomic E-state index is 0.0801. The normalized spacial score (nSPS) is 15.2. The van der Waals surface area contributed by atoms with Gasteiger partial charge in [-0.3, -0.25) is 4.79 Å². The summed E-state index contributed by atoms with van der Waals surface area (Å²) in [5.74, 6) is -0.0801. The Kier molecular flexibility index (Phi) is 6.86. The first kappa shape index (κ1) is 19.1. The summed E-state index contributed by atoms with van der Waals surface area (Å²) >= 11 is 3.43. The lowest BCUT2D eigenvalue weighted by atomic mass is 9.98. The fraction of sp³-hybridized carbons (Fsp3) is 0.500. The molecule has 1 amide bonds. The van der Waals surface area contributed by atoms with Gasteiger partial charge in [-0.2, -0.15) is 5.10 Å². The lowest BCUT2D eigenvalue weighted by molar-refractivity contribution is 0.0273. The number of ether oxygens (including phenoxy) is 1. The lowest BCUT2D eigenvalue weighted by Crippen LogP contribution is -2.26. The first-order valence-corrected chi connectivity index (χ1v) is 10.1. The van der Waals surface area contributed by atoms with Crippen molar-refractivity contribution in [3.05, 3.63) is 46.2 Å². The molecule has 0 radical (unpaired) electrons. The molecule has 1 aliphatic rings. The number of rotatable bonds is 7. The van der Waals surface area contributed by atoms with E-state index in [1.54, 1.807) is 10.9 Å². The van der Waals surface area contributed by atoms with Crippen molar-refractivity contribution < 1.29 is 9.53 Å². The van der Waals surface area contributed by atoms with Crippen LogP contribution in [-0.2, 0) is 4.74 Å². The van der Waals surface area contributed by atoms with Crippen LogP contribution in [0.5, 0.6) is 0 Å². The molecule has 140 valence electrons. The van der Waals surface area contributed by atoms with Gasteiger partial charge in [-0.15, -0.1) is 0 Å². The number of aromatic nitrogens is 2. The van der Waals surface area contributed by atoms with Gasteiger partial charge in [0.2, 0.25) is 0 Å². The Morgan fingerprint density at radius 3 is 2.73 bits per heavy atom. The molecule has 1 saturated carbocycles. The Bertz CT molecular complexity index is 721. The van der Waals surface area contributed by atoms with Crippen LogP contribution in [0.3, 0.4) is 0 Å². The van der Waals surface area contributed by atoms with E-state index in [2.05, 4.69) is 26.3 Å². The number of hydrogen-bond donors (Lipinski definition) is 1. The maximum Gasteiger partial charge on any atom is 0.254 e. The van der Waals surface area contributed by atoms with Crippen molar-refractivity contribution in [2.24, 2.45) is 0 Å². The summed E-state index contributed by atoms with van der Waals surface area (Å²) in [6.07, 6.45) is 9.15. The summed E-state index contributed by atoms with van der Waals surface area (Å²) in [5, 5.41) is 7.33. The number of benzene rings is 1. The monoisotopic (exact) mass is 419 g/mol. The zero-order valence-corrected chi connectivity index (χ0v) is 16.8. The molecular formula is C20H26BrN3O2. The molecular weight excluding hydrogens is 394 g/mol. The van der Waals surface area contributed by atoms with Gasteiger partial charge < -0.3 is 10.1 Å². The van der Waals surface area contributed by atoms with E-state index in [0.717, 1.165) is 22.3 Å². The number of amides is 1. The van der Waals surface area contributed by atoms with E-state index < -0.39 is 0 Å². The second kappa shape index (κ2) is 9.33. The summed E-state index contributed by atoms with van der Waals surface area (Å²) < 4.78 is 8.69. The number of nitrogens with zero attached hydrogens (tertiary/aromatic N) is 2. The predicted octanol–water partition coefficient (Wildman–Crippen LogP) is 4.41. The number of carbonyl (C=O) groups excluding carboxylic acids is 1. The highest BCUT2D eigenvalue weighted by molar-refractivity contribution is 9.10. The molecule has 1 fully saturated rings. The molecule has 6 heteroatoms. The second-order valence-corrected chi connectivity index (χ2v) is 7.69. The Morgan fingerprint density at radius 2 is 2.00 bits per heavy atom.